The Morgan fingerprint density at radius 3 is 2.80 bits per heavy atom. The molecule has 1 N–H and O–H groups in total. The molecule has 0 saturated heterocycles. The summed E-state index contributed by atoms with van der Waals surface area (Å²) in [4.78, 5) is 11.8. The molecule has 1 aromatic heterocycles. The summed E-state index contributed by atoms with van der Waals surface area (Å²) in [6.07, 6.45) is 1.70. The van der Waals surface area contributed by atoms with Crippen molar-refractivity contribution in [2.24, 2.45) is 0 Å². The van der Waals surface area contributed by atoms with Crippen molar-refractivity contribution >= 4 is 0 Å². The van der Waals surface area contributed by atoms with Crippen LogP contribution in [0.25, 0.3) is 0 Å². The fraction of sp³-hybridized carbons (Fsp3) is 0.188. The van der Waals surface area contributed by atoms with E-state index >= 15 is 0 Å². The molecule has 1 heterocycles. The van der Waals surface area contributed by atoms with Crippen LogP contribution >= 0.6 is 0 Å². The summed E-state index contributed by atoms with van der Waals surface area (Å²) in [5.74, 6) is 4.80. The fourth-order valence-corrected chi connectivity index (χ4v) is 1.86. The molecule has 20 heavy (non-hydrogen) atoms. The number of nitrogens with zero attached hydrogens (tertiary/aromatic N) is 1. The molecule has 0 fully saturated rings. The van der Waals surface area contributed by atoms with Crippen molar-refractivity contribution in [2.45, 2.75) is 13.5 Å². The molecule has 0 spiro atoms. The van der Waals surface area contributed by atoms with E-state index in [1.54, 1.807) is 18.3 Å². The molecule has 0 aliphatic carbocycles. The van der Waals surface area contributed by atoms with Crippen LogP contribution in [0, 0.1) is 24.6 Å². The molecule has 0 aliphatic rings. The lowest BCUT2D eigenvalue weighted by Crippen LogP contribution is -2.19. The number of hydrogen-bond acceptors (Lipinski definition) is 2. The van der Waals surface area contributed by atoms with Crippen molar-refractivity contribution in [1.29, 1.82) is 0 Å². The minimum Gasteiger partial charge on any atom is -0.384 e. The van der Waals surface area contributed by atoms with E-state index in [1.165, 1.54) is 16.7 Å². The van der Waals surface area contributed by atoms with Gasteiger partial charge in [-0.05, 0) is 36.2 Å². The van der Waals surface area contributed by atoms with E-state index in [9.17, 15) is 9.18 Å². The van der Waals surface area contributed by atoms with Crippen LogP contribution in [0.1, 0.15) is 16.7 Å². The topological polar surface area (TPSA) is 42.2 Å². The summed E-state index contributed by atoms with van der Waals surface area (Å²) in [7, 11) is 0. The first-order chi connectivity index (χ1) is 9.60. The standard InChI is InChI=1S/C16H14FNO2/c1-12-6-7-18(16(20)9-12)11-14-4-5-15(17)10-13(14)3-2-8-19/h4-7,9-10,19H,8,11H2,1H3. The van der Waals surface area contributed by atoms with E-state index in [-0.39, 0.29) is 12.2 Å². The Labute approximate surface area is 116 Å². The third kappa shape index (κ3) is 3.34. The number of aromatic nitrogens is 1. The van der Waals surface area contributed by atoms with Gasteiger partial charge in [0.25, 0.3) is 5.56 Å². The number of halogens is 1. The summed E-state index contributed by atoms with van der Waals surface area (Å²) >= 11 is 0. The van der Waals surface area contributed by atoms with Gasteiger partial charge in [-0.1, -0.05) is 17.9 Å². The van der Waals surface area contributed by atoms with Crippen molar-refractivity contribution < 1.29 is 9.50 Å². The Morgan fingerprint density at radius 1 is 1.30 bits per heavy atom. The van der Waals surface area contributed by atoms with Crippen LogP contribution in [-0.2, 0) is 6.54 Å². The van der Waals surface area contributed by atoms with E-state index in [2.05, 4.69) is 11.8 Å². The number of aliphatic hydroxyl groups excluding tert-OH is 1. The first kappa shape index (κ1) is 14.0. The second-order valence-corrected chi connectivity index (χ2v) is 4.43. The van der Waals surface area contributed by atoms with Gasteiger partial charge in [-0.3, -0.25) is 4.79 Å². The lowest BCUT2D eigenvalue weighted by molar-refractivity contribution is 0.350. The molecular weight excluding hydrogens is 257 g/mol. The van der Waals surface area contributed by atoms with Crippen LogP contribution in [0.15, 0.2) is 41.3 Å². The minimum atomic E-state index is -0.396. The number of aliphatic hydroxyl groups is 1. The Kier molecular flexibility index (Phi) is 4.34. The monoisotopic (exact) mass is 271 g/mol. The number of hydrogen-bond donors (Lipinski definition) is 1. The molecule has 4 heteroatoms. The number of rotatable bonds is 2. The van der Waals surface area contributed by atoms with Crippen molar-refractivity contribution in [3.63, 3.8) is 0 Å². The van der Waals surface area contributed by atoms with Gasteiger partial charge in [-0.15, -0.1) is 0 Å². The van der Waals surface area contributed by atoms with Crippen LogP contribution in [-0.4, -0.2) is 16.3 Å². The van der Waals surface area contributed by atoms with Gasteiger partial charge in [0.1, 0.15) is 12.4 Å². The van der Waals surface area contributed by atoms with Gasteiger partial charge in [0, 0.05) is 17.8 Å². The highest BCUT2D eigenvalue weighted by molar-refractivity contribution is 5.42. The molecule has 0 bridgehead atoms. The van der Waals surface area contributed by atoms with Gasteiger partial charge >= 0.3 is 0 Å². The SMILES string of the molecule is Cc1ccn(Cc2ccc(F)cc2C#CCO)c(=O)c1. The zero-order chi connectivity index (χ0) is 14.5. The second kappa shape index (κ2) is 6.18. The normalized spacial score (nSPS) is 9.95. The van der Waals surface area contributed by atoms with Crippen molar-refractivity contribution in [1.82, 2.24) is 4.57 Å². The third-order valence-electron chi connectivity index (χ3n) is 2.87. The smallest absolute Gasteiger partial charge is 0.251 e. The summed E-state index contributed by atoms with van der Waals surface area (Å²) in [6.45, 7) is 1.87. The number of benzene rings is 1. The maximum atomic E-state index is 13.2. The van der Waals surface area contributed by atoms with Crippen molar-refractivity contribution in [3.05, 3.63) is 69.4 Å². The van der Waals surface area contributed by atoms with Gasteiger partial charge in [-0.2, -0.15) is 0 Å². The number of pyridine rings is 1. The Balaban J connectivity index is 2.40. The predicted octanol–water partition coefficient (Wildman–Crippen LogP) is 1.69. The highest BCUT2D eigenvalue weighted by atomic mass is 19.1. The quantitative estimate of drug-likeness (QED) is 0.845. The average Bonchev–Trinajstić information content (AvgIpc) is 2.41. The first-order valence-electron chi connectivity index (χ1n) is 6.15. The maximum absolute atomic E-state index is 13.2. The molecule has 0 amide bonds. The van der Waals surface area contributed by atoms with Gasteiger partial charge < -0.3 is 9.67 Å². The molecule has 0 saturated carbocycles. The Bertz CT molecular complexity index is 738. The predicted molar refractivity (Wildman–Crippen MR) is 74.9 cm³/mol. The van der Waals surface area contributed by atoms with E-state index in [4.69, 9.17) is 5.11 Å². The molecule has 2 aromatic rings. The van der Waals surface area contributed by atoms with Gasteiger partial charge in [0.15, 0.2) is 0 Å². The first-order valence-corrected chi connectivity index (χ1v) is 6.15. The lowest BCUT2D eigenvalue weighted by Gasteiger charge is -2.08. The highest BCUT2D eigenvalue weighted by Gasteiger charge is 2.04. The average molecular weight is 271 g/mol. The Hall–Kier alpha value is -2.38. The van der Waals surface area contributed by atoms with Gasteiger partial charge in [0.2, 0.25) is 0 Å². The second-order valence-electron chi connectivity index (χ2n) is 4.43. The molecule has 0 radical (unpaired) electrons. The van der Waals surface area contributed by atoms with Crippen molar-refractivity contribution in [2.75, 3.05) is 6.61 Å². The van der Waals surface area contributed by atoms with Gasteiger partial charge in [0.05, 0.1) is 6.54 Å². The van der Waals surface area contributed by atoms with Crippen molar-refractivity contribution in [3.8, 4) is 11.8 Å². The van der Waals surface area contributed by atoms with Crippen LogP contribution in [0.2, 0.25) is 0 Å². The van der Waals surface area contributed by atoms with Crippen LogP contribution in [0.3, 0.4) is 0 Å². The summed E-state index contributed by atoms with van der Waals surface area (Å²) in [5.41, 5.74) is 1.99. The van der Waals surface area contributed by atoms with E-state index in [1.807, 2.05) is 13.0 Å². The lowest BCUT2D eigenvalue weighted by atomic mass is 10.1. The molecule has 3 nitrogen and oxygen atoms in total. The maximum Gasteiger partial charge on any atom is 0.251 e. The largest absolute Gasteiger partial charge is 0.384 e. The van der Waals surface area contributed by atoms with Crippen LogP contribution in [0.4, 0.5) is 4.39 Å². The highest BCUT2D eigenvalue weighted by Crippen LogP contribution is 2.11. The molecule has 0 aliphatic heterocycles. The van der Waals surface area contributed by atoms with Crippen LogP contribution in [0.5, 0.6) is 0 Å². The third-order valence-corrected chi connectivity index (χ3v) is 2.87. The van der Waals surface area contributed by atoms with E-state index < -0.39 is 5.82 Å². The molecule has 0 atom stereocenters. The zero-order valence-corrected chi connectivity index (χ0v) is 11.1. The summed E-state index contributed by atoms with van der Waals surface area (Å²) < 4.78 is 14.8. The summed E-state index contributed by atoms with van der Waals surface area (Å²) in [5, 5.41) is 8.73. The number of aryl methyl sites for hydroxylation is 1. The Morgan fingerprint density at radius 2 is 2.10 bits per heavy atom. The molecule has 1 aromatic carbocycles. The molecular formula is C16H14FNO2. The van der Waals surface area contributed by atoms with Gasteiger partial charge in [-0.25, -0.2) is 4.39 Å². The van der Waals surface area contributed by atoms with E-state index in [0.717, 1.165) is 11.1 Å². The van der Waals surface area contributed by atoms with E-state index in [0.29, 0.717) is 12.1 Å². The molecule has 0 unspecified atom stereocenters. The molecule has 102 valence electrons. The fourth-order valence-electron chi connectivity index (χ4n) is 1.86. The minimum absolute atomic E-state index is 0.115. The van der Waals surface area contributed by atoms with Crippen LogP contribution < -0.4 is 5.56 Å². The molecule has 2 rings (SSSR count). The summed E-state index contributed by atoms with van der Waals surface area (Å²) in [6, 6.07) is 7.62. The zero-order valence-electron chi connectivity index (χ0n) is 11.1.